The standard InChI is InChI=1S/C13H16F3N3O/c14-13(15,16)8-5-9(17)7-19(6-8)11-1-3-18-12-10(11)2-4-20-12/h1,3,8-9H,2,4-7,17H2. The summed E-state index contributed by atoms with van der Waals surface area (Å²) in [7, 11) is 0. The monoisotopic (exact) mass is 287 g/mol. The Morgan fingerprint density at radius 2 is 2.15 bits per heavy atom. The van der Waals surface area contributed by atoms with Crippen LogP contribution >= 0.6 is 0 Å². The molecule has 1 aromatic heterocycles. The normalized spacial score (nSPS) is 26.3. The average Bonchev–Trinajstić information content (AvgIpc) is 2.84. The van der Waals surface area contributed by atoms with Gasteiger partial charge in [-0.2, -0.15) is 13.2 Å². The number of aromatic nitrogens is 1. The van der Waals surface area contributed by atoms with E-state index >= 15 is 0 Å². The highest BCUT2D eigenvalue weighted by molar-refractivity contribution is 5.58. The number of piperidine rings is 1. The maximum Gasteiger partial charge on any atom is 0.393 e. The first-order valence-electron chi connectivity index (χ1n) is 6.63. The first-order valence-corrected chi connectivity index (χ1v) is 6.63. The predicted molar refractivity (Wildman–Crippen MR) is 67.8 cm³/mol. The van der Waals surface area contributed by atoms with Crippen molar-refractivity contribution < 1.29 is 17.9 Å². The van der Waals surface area contributed by atoms with Gasteiger partial charge in [-0.05, 0) is 12.5 Å². The van der Waals surface area contributed by atoms with Crippen LogP contribution in [0.2, 0.25) is 0 Å². The quantitative estimate of drug-likeness (QED) is 0.854. The maximum absolute atomic E-state index is 13.0. The first kappa shape index (κ1) is 13.5. The zero-order chi connectivity index (χ0) is 14.3. The zero-order valence-electron chi connectivity index (χ0n) is 10.9. The number of pyridine rings is 1. The van der Waals surface area contributed by atoms with Crippen LogP contribution in [0.5, 0.6) is 5.88 Å². The van der Waals surface area contributed by atoms with E-state index in [9.17, 15) is 13.2 Å². The Morgan fingerprint density at radius 1 is 1.35 bits per heavy atom. The fourth-order valence-electron chi connectivity index (χ4n) is 2.94. The number of rotatable bonds is 1. The molecule has 2 unspecified atom stereocenters. The molecule has 0 aromatic carbocycles. The second-order valence-electron chi connectivity index (χ2n) is 5.35. The lowest BCUT2D eigenvalue weighted by Crippen LogP contribution is -2.51. The van der Waals surface area contributed by atoms with Crippen molar-refractivity contribution in [1.29, 1.82) is 0 Å². The number of ether oxygens (including phenoxy) is 1. The number of hydrogen-bond acceptors (Lipinski definition) is 4. The third-order valence-corrected chi connectivity index (χ3v) is 3.87. The summed E-state index contributed by atoms with van der Waals surface area (Å²) >= 11 is 0. The number of nitrogens with zero attached hydrogens (tertiary/aromatic N) is 2. The summed E-state index contributed by atoms with van der Waals surface area (Å²) in [5.41, 5.74) is 7.47. The van der Waals surface area contributed by atoms with Crippen LogP contribution < -0.4 is 15.4 Å². The van der Waals surface area contributed by atoms with Gasteiger partial charge in [-0.15, -0.1) is 0 Å². The van der Waals surface area contributed by atoms with Crippen LogP contribution in [0.1, 0.15) is 12.0 Å². The lowest BCUT2D eigenvalue weighted by Gasteiger charge is -2.39. The Hall–Kier alpha value is -1.50. The highest BCUT2D eigenvalue weighted by atomic mass is 19.4. The van der Waals surface area contributed by atoms with Gasteiger partial charge in [0.2, 0.25) is 5.88 Å². The highest BCUT2D eigenvalue weighted by Gasteiger charge is 2.44. The molecule has 1 fully saturated rings. The molecule has 1 aromatic rings. The Kier molecular flexibility index (Phi) is 3.24. The van der Waals surface area contributed by atoms with Crippen molar-refractivity contribution >= 4 is 5.69 Å². The Bertz CT molecular complexity index is 506. The van der Waals surface area contributed by atoms with E-state index in [-0.39, 0.29) is 13.0 Å². The number of fused-ring (bicyclic) bond motifs is 1. The zero-order valence-corrected chi connectivity index (χ0v) is 10.9. The second-order valence-corrected chi connectivity index (χ2v) is 5.35. The Labute approximate surface area is 114 Å². The molecular formula is C13H16F3N3O. The molecule has 0 amide bonds. The fourth-order valence-corrected chi connectivity index (χ4v) is 2.94. The van der Waals surface area contributed by atoms with Crippen molar-refractivity contribution in [1.82, 2.24) is 4.98 Å². The van der Waals surface area contributed by atoms with Crippen LogP contribution in [0, 0.1) is 5.92 Å². The van der Waals surface area contributed by atoms with Crippen LogP contribution in [-0.4, -0.2) is 36.9 Å². The molecule has 7 heteroatoms. The van der Waals surface area contributed by atoms with Gasteiger partial charge in [0, 0.05) is 43.0 Å². The summed E-state index contributed by atoms with van der Waals surface area (Å²) in [6, 6.07) is 1.28. The molecule has 110 valence electrons. The van der Waals surface area contributed by atoms with E-state index in [1.807, 2.05) is 0 Å². The molecule has 0 spiro atoms. The summed E-state index contributed by atoms with van der Waals surface area (Å²) in [4.78, 5) is 5.82. The molecule has 20 heavy (non-hydrogen) atoms. The van der Waals surface area contributed by atoms with Crippen molar-refractivity contribution in [3.63, 3.8) is 0 Å². The molecule has 3 rings (SSSR count). The van der Waals surface area contributed by atoms with Gasteiger partial charge in [0.25, 0.3) is 0 Å². The van der Waals surface area contributed by atoms with E-state index in [0.717, 1.165) is 11.3 Å². The van der Waals surface area contributed by atoms with E-state index < -0.39 is 18.1 Å². The second kappa shape index (κ2) is 4.80. The van der Waals surface area contributed by atoms with E-state index in [1.54, 1.807) is 17.2 Å². The lowest BCUT2D eigenvalue weighted by atomic mass is 9.93. The van der Waals surface area contributed by atoms with E-state index in [4.69, 9.17) is 10.5 Å². The van der Waals surface area contributed by atoms with Crippen molar-refractivity contribution in [2.24, 2.45) is 11.7 Å². The lowest BCUT2D eigenvalue weighted by molar-refractivity contribution is -0.177. The molecule has 3 heterocycles. The van der Waals surface area contributed by atoms with Crippen molar-refractivity contribution in [2.45, 2.75) is 25.1 Å². The largest absolute Gasteiger partial charge is 0.477 e. The molecule has 2 atom stereocenters. The summed E-state index contributed by atoms with van der Waals surface area (Å²) in [6.45, 7) is 0.915. The molecule has 2 aliphatic rings. The number of alkyl halides is 3. The first-order chi connectivity index (χ1) is 9.45. The van der Waals surface area contributed by atoms with Crippen LogP contribution in [0.3, 0.4) is 0 Å². The smallest absolute Gasteiger partial charge is 0.393 e. The van der Waals surface area contributed by atoms with Gasteiger partial charge < -0.3 is 15.4 Å². The van der Waals surface area contributed by atoms with Gasteiger partial charge in [-0.25, -0.2) is 4.98 Å². The van der Waals surface area contributed by atoms with E-state index in [2.05, 4.69) is 4.98 Å². The minimum atomic E-state index is -4.21. The van der Waals surface area contributed by atoms with Crippen molar-refractivity contribution in [3.8, 4) is 5.88 Å². The number of nitrogens with two attached hydrogens (primary N) is 1. The molecule has 0 aliphatic carbocycles. The van der Waals surface area contributed by atoms with Crippen LogP contribution in [0.15, 0.2) is 12.3 Å². The van der Waals surface area contributed by atoms with Gasteiger partial charge in [-0.3, -0.25) is 0 Å². The molecule has 4 nitrogen and oxygen atoms in total. The molecule has 0 saturated carbocycles. The molecule has 1 saturated heterocycles. The van der Waals surface area contributed by atoms with Gasteiger partial charge in [0.15, 0.2) is 0 Å². The summed E-state index contributed by atoms with van der Waals surface area (Å²) in [6.07, 6.45) is -1.96. The van der Waals surface area contributed by atoms with E-state index in [1.165, 1.54) is 0 Å². The van der Waals surface area contributed by atoms with Crippen molar-refractivity contribution in [3.05, 3.63) is 17.8 Å². The van der Waals surface area contributed by atoms with Gasteiger partial charge >= 0.3 is 6.18 Å². The van der Waals surface area contributed by atoms with E-state index in [0.29, 0.717) is 25.5 Å². The molecule has 2 N–H and O–H groups in total. The van der Waals surface area contributed by atoms with Crippen LogP contribution in [-0.2, 0) is 6.42 Å². The fraction of sp³-hybridized carbons (Fsp3) is 0.615. The highest BCUT2D eigenvalue weighted by Crippen LogP contribution is 2.37. The average molecular weight is 287 g/mol. The summed E-state index contributed by atoms with van der Waals surface area (Å²) < 4.78 is 44.2. The van der Waals surface area contributed by atoms with Crippen LogP contribution in [0.4, 0.5) is 18.9 Å². The predicted octanol–water partition coefficient (Wildman–Crippen LogP) is 1.73. The number of hydrogen-bond donors (Lipinski definition) is 1. The number of anilines is 1. The minimum Gasteiger partial charge on any atom is -0.477 e. The topological polar surface area (TPSA) is 51.4 Å². The molecule has 0 bridgehead atoms. The minimum absolute atomic E-state index is 0.0101. The SMILES string of the molecule is NC1CC(C(F)(F)F)CN(c2ccnc3c2CCO3)C1. The van der Waals surface area contributed by atoms with Gasteiger partial charge in [0.05, 0.1) is 12.5 Å². The third kappa shape index (κ3) is 2.42. The third-order valence-electron chi connectivity index (χ3n) is 3.87. The Balaban J connectivity index is 1.88. The molecular weight excluding hydrogens is 271 g/mol. The Morgan fingerprint density at radius 3 is 2.90 bits per heavy atom. The summed E-state index contributed by atoms with van der Waals surface area (Å²) in [5, 5.41) is 0. The van der Waals surface area contributed by atoms with Gasteiger partial charge in [-0.1, -0.05) is 0 Å². The molecule has 2 aliphatic heterocycles. The van der Waals surface area contributed by atoms with Gasteiger partial charge in [0.1, 0.15) is 0 Å². The van der Waals surface area contributed by atoms with Crippen molar-refractivity contribution in [2.75, 3.05) is 24.6 Å². The molecule has 0 radical (unpaired) electrons. The van der Waals surface area contributed by atoms with Crippen LogP contribution in [0.25, 0.3) is 0 Å². The number of halogens is 3. The maximum atomic E-state index is 13.0. The summed E-state index contributed by atoms with van der Waals surface area (Å²) in [5.74, 6) is -0.845.